The van der Waals surface area contributed by atoms with E-state index < -0.39 is 18.2 Å². The minimum absolute atomic E-state index is 0.206. The quantitative estimate of drug-likeness (QED) is 0.547. The van der Waals surface area contributed by atoms with Crippen LogP contribution in [0, 0.1) is 6.92 Å². The van der Waals surface area contributed by atoms with E-state index in [9.17, 15) is 15.0 Å². The Labute approximate surface area is 111 Å². The minimum atomic E-state index is -1.03. The summed E-state index contributed by atoms with van der Waals surface area (Å²) >= 11 is 4.00. The Hall–Kier alpha value is -1.11. The Bertz CT molecular complexity index is 425. The van der Waals surface area contributed by atoms with E-state index in [-0.39, 0.29) is 5.69 Å². The summed E-state index contributed by atoms with van der Waals surface area (Å²) in [5.41, 5.74) is 1.27. The molecule has 1 aromatic heterocycles. The lowest BCUT2D eigenvalue weighted by Crippen LogP contribution is -2.19. The molecule has 1 heterocycles. The van der Waals surface area contributed by atoms with Crippen LogP contribution in [0.3, 0.4) is 0 Å². The van der Waals surface area contributed by atoms with Crippen molar-refractivity contribution in [2.24, 2.45) is 0 Å². The molecule has 0 amide bonds. The third-order valence-corrected chi connectivity index (χ3v) is 2.87. The summed E-state index contributed by atoms with van der Waals surface area (Å²) in [6.07, 6.45) is -0.184. The topological polar surface area (TPSA) is 79.7 Å². The van der Waals surface area contributed by atoms with E-state index >= 15 is 0 Å². The van der Waals surface area contributed by atoms with Crippen LogP contribution in [0.25, 0.3) is 0 Å². The van der Waals surface area contributed by atoms with Crippen molar-refractivity contribution in [3.8, 4) is 0 Å². The highest BCUT2D eigenvalue weighted by atomic mass is 32.1. The molecule has 0 bridgehead atoms. The fourth-order valence-electron chi connectivity index (χ4n) is 1.58. The lowest BCUT2D eigenvalue weighted by Gasteiger charge is -2.17. The fraction of sp³-hybridized carbons (Fsp3) is 0.500. The molecule has 0 saturated carbocycles. The van der Waals surface area contributed by atoms with Gasteiger partial charge in [-0.3, -0.25) is 0 Å². The van der Waals surface area contributed by atoms with Gasteiger partial charge in [0, 0.05) is 11.8 Å². The van der Waals surface area contributed by atoms with E-state index in [1.165, 1.54) is 13.3 Å². The van der Waals surface area contributed by atoms with Gasteiger partial charge in [0.15, 0.2) is 5.69 Å². The number of hydrogen-bond acceptors (Lipinski definition) is 6. The third kappa shape index (κ3) is 3.44. The summed E-state index contributed by atoms with van der Waals surface area (Å²) in [5, 5.41) is 19.6. The molecule has 0 spiro atoms. The van der Waals surface area contributed by atoms with Gasteiger partial charge in [0.25, 0.3) is 0 Å². The van der Waals surface area contributed by atoms with Gasteiger partial charge in [-0.15, -0.1) is 0 Å². The number of pyridine rings is 1. The Balaban J connectivity index is 2.93. The van der Waals surface area contributed by atoms with Crippen molar-refractivity contribution in [1.82, 2.24) is 4.98 Å². The van der Waals surface area contributed by atoms with E-state index in [1.54, 1.807) is 13.0 Å². The molecule has 1 rings (SSSR count). The predicted octanol–water partition coefficient (Wildman–Crippen LogP) is 0.891. The van der Waals surface area contributed by atoms with E-state index in [0.29, 0.717) is 23.3 Å². The smallest absolute Gasteiger partial charge is 0.356 e. The lowest BCUT2D eigenvalue weighted by molar-refractivity contribution is 0.0170. The van der Waals surface area contributed by atoms with Crippen molar-refractivity contribution >= 4 is 18.6 Å². The number of aromatic nitrogens is 1. The van der Waals surface area contributed by atoms with Crippen LogP contribution in [-0.2, 0) is 4.74 Å². The number of carbonyl (C=O) groups excluding carboxylic acids is 1. The van der Waals surface area contributed by atoms with E-state index in [4.69, 9.17) is 0 Å². The van der Waals surface area contributed by atoms with Gasteiger partial charge < -0.3 is 14.9 Å². The average molecular weight is 271 g/mol. The van der Waals surface area contributed by atoms with Crippen LogP contribution in [0.4, 0.5) is 0 Å². The molecule has 0 aliphatic heterocycles. The van der Waals surface area contributed by atoms with Gasteiger partial charge in [-0.1, -0.05) is 0 Å². The zero-order valence-electron chi connectivity index (χ0n) is 10.3. The second kappa shape index (κ2) is 6.72. The molecule has 0 fully saturated rings. The molecule has 0 radical (unpaired) electrons. The van der Waals surface area contributed by atoms with E-state index in [1.807, 2.05) is 0 Å². The van der Waals surface area contributed by atoms with Crippen LogP contribution in [0.2, 0.25) is 0 Å². The second-order valence-corrected chi connectivity index (χ2v) is 4.40. The molecule has 0 aliphatic rings. The highest BCUT2D eigenvalue weighted by Gasteiger charge is 2.20. The lowest BCUT2D eigenvalue weighted by atomic mass is 10.0. The van der Waals surface area contributed by atoms with Gasteiger partial charge in [-0.05, 0) is 30.7 Å². The Morgan fingerprint density at radius 3 is 2.72 bits per heavy atom. The van der Waals surface area contributed by atoms with Crippen LogP contribution in [0.1, 0.15) is 34.1 Å². The molecular weight excluding hydrogens is 254 g/mol. The zero-order valence-corrected chi connectivity index (χ0v) is 11.2. The van der Waals surface area contributed by atoms with Gasteiger partial charge in [0.05, 0.1) is 13.2 Å². The summed E-state index contributed by atoms with van der Waals surface area (Å²) in [4.78, 5) is 15.3. The van der Waals surface area contributed by atoms with Crippen LogP contribution in [0.5, 0.6) is 0 Å². The molecule has 0 saturated heterocycles. The van der Waals surface area contributed by atoms with Crippen molar-refractivity contribution in [2.45, 2.75) is 25.6 Å². The van der Waals surface area contributed by atoms with E-state index in [0.717, 1.165) is 0 Å². The highest BCUT2D eigenvalue weighted by molar-refractivity contribution is 7.80. The normalized spacial score (nSPS) is 14.1. The number of aliphatic hydroxyl groups is 2. The Morgan fingerprint density at radius 2 is 2.22 bits per heavy atom. The first-order chi connectivity index (χ1) is 8.51. The summed E-state index contributed by atoms with van der Waals surface area (Å²) < 4.78 is 4.58. The maximum Gasteiger partial charge on any atom is 0.356 e. The zero-order chi connectivity index (χ0) is 13.7. The van der Waals surface area contributed by atoms with Gasteiger partial charge in [-0.25, -0.2) is 9.78 Å². The summed E-state index contributed by atoms with van der Waals surface area (Å²) in [6.45, 7) is 1.69. The first kappa shape index (κ1) is 14.9. The maximum absolute atomic E-state index is 11.3. The largest absolute Gasteiger partial charge is 0.464 e. The van der Waals surface area contributed by atoms with Crippen LogP contribution in [-0.4, -0.2) is 40.1 Å². The van der Waals surface area contributed by atoms with Gasteiger partial charge in [-0.2, -0.15) is 12.6 Å². The fourth-order valence-corrected chi connectivity index (χ4v) is 1.85. The monoisotopic (exact) mass is 271 g/mol. The average Bonchev–Trinajstić information content (AvgIpc) is 2.37. The van der Waals surface area contributed by atoms with Crippen LogP contribution < -0.4 is 0 Å². The number of hydrogen-bond donors (Lipinski definition) is 3. The van der Waals surface area contributed by atoms with Gasteiger partial charge in [0.2, 0.25) is 0 Å². The Morgan fingerprint density at radius 1 is 1.56 bits per heavy atom. The predicted molar refractivity (Wildman–Crippen MR) is 69.8 cm³/mol. The molecule has 0 aromatic carbocycles. The number of ether oxygens (including phenoxy) is 1. The molecular formula is C12H17NO4S. The van der Waals surface area contributed by atoms with Crippen LogP contribution in [0.15, 0.2) is 12.3 Å². The molecule has 100 valence electrons. The molecule has 1 aromatic rings. The standard InChI is InChI=1S/C12H17NO4S/c1-7-5-8(11(15)9(14)3-4-18)6-13-10(7)12(16)17-2/h5-6,9,11,14-15,18H,3-4H2,1-2H3. The highest BCUT2D eigenvalue weighted by Crippen LogP contribution is 2.20. The SMILES string of the molecule is COC(=O)c1ncc(C(O)C(O)CCS)cc1C. The number of carbonyl (C=O) groups is 1. The van der Waals surface area contributed by atoms with Gasteiger partial charge >= 0.3 is 5.97 Å². The maximum atomic E-state index is 11.3. The number of esters is 1. The number of thiol groups is 1. The van der Waals surface area contributed by atoms with Crippen molar-refractivity contribution in [1.29, 1.82) is 0 Å². The van der Waals surface area contributed by atoms with Crippen molar-refractivity contribution in [3.63, 3.8) is 0 Å². The Kier molecular flexibility index (Phi) is 5.58. The summed E-state index contributed by atoms with van der Waals surface area (Å²) in [5.74, 6) is -0.0466. The summed E-state index contributed by atoms with van der Waals surface area (Å²) in [6, 6.07) is 1.62. The number of methoxy groups -OCH3 is 1. The summed E-state index contributed by atoms with van der Waals surface area (Å²) in [7, 11) is 1.28. The molecule has 0 aliphatic carbocycles. The number of aliphatic hydroxyl groups excluding tert-OH is 2. The van der Waals surface area contributed by atoms with Crippen molar-refractivity contribution < 1.29 is 19.7 Å². The number of rotatable bonds is 5. The number of nitrogens with zero attached hydrogens (tertiary/aromatic N) is 1. The first-order valence-corrected chi connectivity index (χ1v) is 6.16. The van der Waals surface area contributed by atoms with E-state index in [2.05, 4.69) is 22.3 Å². The molecule has 2 N–H and O–H groups in total. The molecule has 5 nitrogen and oxygen atoms in total. The van der Waals surface area contributed by atoms with Crippen molar-refractivity contribution in [3.05, 3.63) is 29.1 Å². The van der Waals surface area contributed by atoms with Crippen molar-refractivity contribution in [2.75, 3.05) is 12.9 Å². The molecule has 18 heavy (non-hydrogen) atoms. The molecule has 2 atom stereocenters. The first-order valence-electron chi connectivity index (χ1n) is 5.53. The van der Waals surface area contributed by atoms with Crippen LogP contribution >= 0.6 is 12.6 Å². The molecule has 6 heteroatoms. The van der Waals surface area contributed by atoms with Gasteiger partial charge in [0.1, 0.15) is 6.10 Å². The third-order valence-electron chi connectivity index (χ3n) is 2.61. The second-order valence-electron chi connectivity index (χ2n) is 3.95. The molecule has 2 unspecified atom stereocenters. The number of aryl methyl sites for hydroxylation is 1. The minimum Gasteiger partial charge on any atom is -0.464 e.